The number of Topliss-reactive ketones (excluding diaryl/α,β-unsaturated/α-hetero) is 1. The monoisotopic (exact) mass is 166 g/mol. The minimum absolute atomic E-state index is 0.777. The molecule has 0 heterocycles. The van der Waals surface area contributed by atoms with Crippen LogP contribution < -0.4 is 0 Å². The summed E-state index contributed by atoms with van der Waals surface area (Å²) < 4.78 is 0. The summed E-state index contributed by atoms with van der Waals surface area (Å²) in [7, 11) is 0. The lowest BCUT2D eigenvalue weighted by Crippen LogP contribution is -2.20. The standard InChI is InChI=1S/C9H10O3/c1-3-5-7(10)9(12)8(11)6-4-2/h3-6H,1-2H3/b5-3+,6-4+. The summed E-state index contributed by atoms with van der Waals surface area (Å²) in [6.45, 7) is 3.20. The van der Waals surface area contributed by atoms with Gasteiger partial charge >= 0.3 is 0 Å². The van der Waals surface area contributed by atoms with E-state index in [9.17, 15) is 14.4 Å². The maximum Gasteiger partial charge on any atom is 0.272 e. The Morgan fingerprint density at radius 3 is 1.42 bits per heavy atom. The predicted octanol–water partition coefficient (Wildman–Crippen LogP) is 0.846. The van der Waals surface area contributed by atoms with Gasteiger partial charge in [0.2, 0.25) is 11.6 Å². The highest BCUT2D eigenvalue weighted by Crippen LogP contribution is 1.85. The van der Waals surface area contributed by atoms with Crippen LogP contribution in [-0.4, -0.2) is 17.3 Å². The molecule has 0 saturated heterocycles. The fourth-order valence-electron chi connectivity index (χ4n) is 0.576. The zero-order valence-electron chi connectivity index (χ0n) is 7.03. The summed E-state index contributed by atoms with van der Waals surface area (Å²) in [6, 6.07) is 0. The Bertz CT molecular complexity index is 233. The summed E-state index contributed by atoms with van der Waals surface area (Å²) in [5.74, 6) is -2.55. The second kappa shape index (κ2) is 5.18. The fourth-order valence-corrected chi connectivity index (χ4v) is 0.576. The first-order chi connectivity index (χ1) is 5.63. The number of allylic oxidation sites excluding steroid dienone is 4. The van der Waals surface area contributed by atoms with E-state index in [2.05, 4.69) is 0 Å². The summed E-state index contributed by atoms with van der Waals surface area (Å²) in [5, 5.41) is 0. The normalized spacial score (nSPS) is 10.8. The smallest absolute Gasteiger partial charge is 0.272 e. The highest BCUT2D eigenvalue weighted by atomic mass is 16.2. The fraction of sp³-hybridized carbons (Fsp3) is 0.222. The third-order valence-electron chi connectivity index (χ3n) is 1.08. The van der Waals surface area contributed by atoms with Gasteiger partial charge in [0.1, 0.15) is 0 Å². The molecule has 0 aliphatic heterocycles. The van der Waals surface area contributed by atoms with Gasteiger partial charge in [0, 0.05) is 0 Å². The van der Waals surface area contributed by atoms with Crippen molar-refractivity contribution in [3.05, 3.63) is 24.3 Å². The van der Waals surface area contributed by atoms with Crippen molar-refractivity contribution in [3.63, 3.8) is 0 Å². The van der Waals surface area contributed by atoms with E-state index in [4.69, 9.17) is 0 Å². The topological polar surface area (TPSA) is 51.2 Å². The van der Waals surface area contributed by atoms with Crippen LogP contribution in [0.4, 0.5) is 0 Å². The first-order valence-corrected chi connectivity index (χ1v) is 3.51. The lowest BCUT2D eigenvalue weighted by Gasteiger charge is -1.87. The van der Waals surface area contributed by atoms with E-state index in [1.807, 2.05) is 0 Å². The highest BCUT2D eigenvalue weighted by molar-refractivity contribution is 6.68. The molecular formula is C9H10O3. The average Bonchev–Trinajstić information content (AvgIpc) is 2.04. The Morgan fingerprint density at radius 1 is 0.833 bits per heavy atom. The maximum absolute atomic E-state index is 10.8. The molecule has 0 rings (SSSR count). The van der Waals surface area contributed by atoms with Gasteiger partial charge in [-0.1, -0.05) is 12.2 Å². The summed E-state index contributed by atoms with van der Waals surface area (Å²) in [6.07, 6.45) is 4.99. The Morgan fingerprint density at radius 2 is 1.17 bits per heavy atom. The molecule has 0 aromatic heterocycles. The molecule has 3 heteroatoms. The van der Waals surface area contributed by atoms with Gasteiger partial charge in [-0.05, 0) is 26.0 Å². The van der Waals surface area contributed by atoms with Gasteiger partial charge in [0.25, 0.3) is 5.78 Å². The van der Waals surface area contributed by atoms with Crippen molar-refractivity contribution in [1.82, 2.24) is 0 Å². The molecule has 0 spiro atoms. The van der Waals surface area contributed by atoms with Gasteiger partial charge in [-0.2, -0.15) is 0 Å². The summed E-state index contributed by atoms with van der Waals surface area (Å²) in [5.41, 5.74) is 0. The molecule has 0 N–H and O–H groups in total. The zero-order chi connectivity index (χ0) is 9.56. The second-order valence-corrected chi connectivity index (χ2v) is 2.06. The second-order valence-electron chi connectivity index (χ2n) is 2.06. The maximum atomic E-state index is 10.8. The van der Waals surface area contributed by atoms with E-state index in [1.54, 1.807) is 13.8 Å². The zero-order valence-corrected chi connectivity index (χ0v) is 7.03. The highest BCUT2D eigenvalue weighted by Gasteiger charge is 2.16. The minimum Gasteiger partial charge on any atom is -0.285 e. The molecule has 3 nitrogen and oxygen atoms in total. The largest absolute Gasteiger partial charge is 0.285 e. The van der Waals surface area contributed by atoms with Crippen LogP contribution in [0.1, 0.15) is 13.8 Å². The van der Waals surface area contributed by atoms with Gasteiger partial charge in [0.05, 0.1) is 0 Å². The molecular weight excluding hydrogens is 156 g/mol. The Balaban J connectivity index is 4.40. The number of carbonyl (C=O) groups is 3. The van der Waals surface area contributed by atoms with Crippen LogP contribution in [0.2, 0.25) is 0 Å². The molecule has 0 aromatic rings. The SMILES string of the molecule is C/C=C/C(=O)C(=O)C(=O)/C=C/C. The number of rotatable bonds is 4. The van der Waals surface area contributed by atoms with E-state index >= 15 is 0 Å². The molecule has 0 saturated carbocycles. The number of ketones is 3. The molecule has 64 valence electrons. The average molecular weight is 166 g/mol. The van der Waals surface area contributed by atoms with Crippen molar-refractivity contribution < 1.29 is 14.4 Å². The van der Waals surface area contributed by atoms with Gasteiger partial charge < -0.3 is 0 Å². The van der Waals surface area contributed by atoms with Gasteiger partial charge in [-0.15, -0.1) is 0 Å². The summed E-state index contributed by atoms with van der Waals surface area (Å²) >= 11 is 0. The number of hydrogen-bond donors (Lipinski definition) is 0. The third kappa shape index (κ3) is 3.05. The Labute approximate surface area is 70.8 Å². The van der Waals surface area contributed by atoms with E-state index in [0.29, 0.717) is 0 Å². The van der Waals surface area contributed by atoms with E-state index in [1.165, 1.54) is 12.2 Å². The van der Waals surface area contributed by atoms with Crippen LogP contribution in [-0.2, 0) is 14.4 Å². The molecule has 0 aliphatic rings. The first kappa shape index (κ1) is 10.5. The van der Waals surface area contributed by atoms with Gasteiger partial charge in [-0.3, -0.25) is 14.4 Å². The predicted molar refractivity (Wildman–Crippen MR) is 44.6 cm³/mol. The molecule has 0 bridgehead atoms. The van der Waals surface area contributed by atoms with Crippen LogP contribution in [0, 0.1) is 0 Å². The van der Waals surface area contributed by atoms with Gasteiger partial charge in [0.15, 0.2) is 0 Å². The molecule has 0 atom stereocenters. The minimum atomic E-state index is -0.994. The number of carbonyl (C=O) groups excluding carboxylic acids is 3. The van der Waals surface area contributed by atoms with Crippen LogP contribution in [0.25, 0.3) is 0 Å². The summed E-state index contributed by atoms with van der Waals surface area (Å²) in [4.78, 5) is 32.4. The number of hydrogen-bond acceptors (Lipinski definition) is 3. The first-order valence-electron chi connectivity index (χ1n) is 3.51. The van der Waals surface area contributed by atoms with Crippen molar-refractivity contribution in [2.24, 2.45) is 0 Å². The molecule has 0 radical (unpaired) electrons. The van der Waals surface area contributed by atoms with E-state index in [-0.39, 0.29) is 0 Å². The van der Waals surface area contributed by atoms with E-state index in [0.717, 1.165) is 12.2 Å². The third-order valence-corrected chi connectivity index (χ3v) is 1.08. The molecule has 0 amide bonds. The molecule has 0 aliphatic carbocycles. The van der Waals surface area contributed by atoms with Crippen LogP contribution in [0.15, 0.2) is 24.3 Å². The van der Waals surface area contributed by atoms with Crippen molar-refractivity contribution >= 4 is 17.3 Å². The van der Waals surface area contributed by atoms with Crippen LogP contribution in [0.3, 0.4) is 0 Å². The molecule has 0 unspecified atom stereocenters. The van der Waals surface area contributed by atoms with Gasteiger partial charge in [-0.25, -0.2) is 0 Å². The van der Waals surface area contributed by atoms with Crippen molar-refractivity contribution in [3.8, 4) is 0 Å². The lowest BCUT2D eigenvalue weighted by molar-refractivity contribution is -0.140. The Kier molecular flexibility index (Phi) is 4.53. The molecule has 0 fully saturated rings. The van der Waals surface area contributed by atoms with Crippen molar-refractivity contribution in [2.45, 2.75) is 13.8 Å². The van der Waals surface area contributed by atoms with Crippen molar-refractivity contribution in [2.75, 3.05) is 0 Å². The van der Waals surface area contributed by atoms with Crippen LogP contribution in [0.5, 0.6) is 0 Å². The quantitative estimate of drug-likeness (QED) is 0.353. The van der Waals surface area contributed by atoms with E-state index < -0.39 is 17.3 Å². The molecule has 12 heavy (non-hydrogen) atoms. The van der Waals surface area contributed by atoms with Crippen LogP contribution >= 0.6 is 0 Å². The lowest BCUT2D eigenvalue weighted by atomic mass is 10.1. The molecule has 0 aromatic carbocycles. The Hall–Kier alpha value is -1.51. The van der Waals surface area contributed by atoms with Crippen molar-refractivity contribution in [1.29, 1.82) is 0 Å².